The summed E-state index contributed by atoms with van der Waals surface area (Å²) in [7, 11) is 0. The molecule has 3 N–H and O–H groups in total. The lowest BCUT2D eigenvalue weighted by Crippen LogP contribution is -2.49. The van der Waals surface area contributed by atoms with Crippen LogP contribution in [0.3, 0.4) is 0 Å². The predicted molar refractivity (Wildman–Crippen MR) is 92.7 cm³/mol. The molecule has 1 aliphatic carbocycles. The molecule has 0 bridgehead atoms. The van der Waals surface area contributed by atoms with Crippen LogP contribution in [-0.2, 0) is 4.79 Å². The largest absolute Gasteiger partial charge is 0.486 e. The zero-order valence-corrected chi connectivity index (χ0v) is 14.6. The van der Waals surface area contributed by atoms with Crippen molar-refractivity contribution in [3.63, 3.8) is 0 Å². The number of carbonyl (C=O) groups is 2. The molecule has 1 fully saturated rings. The molecule has 3 rings (SSSR count). The minimum absolute atomic E-state index is 0.0998. The zero-order chi connectivity index (χ0) is 17.8. The van der Waals surface area contributed by atoms with E-state index in [-0.39, 0.29) is 18.0 Å². The van der Waals surface area contributed by atoms with E-state index in [0.29, 0.717) is 31.4 Å². The highest BCUT2D eigenvalue weighted by atomic mass is 16.6. The van der Waals surface area contributed by atoms with Crippen molar-refractivity contribution in [3.8, 4) is 11.5 Å². The van der Waals surface area contributed by atoms with Gasteiger partial charge in [0.05, 0.1) is 6.04 Å². The van der Waals surface area contributed by atoms with Crippen LogP contribution in [-0.4, -0.2) is 37.7 Å². The molecular weight excluding hydrogens is 322 g/mol. The Bertz CT molecular complexity index is 645. The number of amides is 3. The fraction of sp³-hybridized carbons (Fsp3) is 0.556. The second-order valence-corrected chi connectivity index (χ2v) is 6.45. The fourth-order valence-electron chi connectivity index (χ4n) is 2.93. The van der Waals surface area contributed by atoms with E-state index in [1.54, 1.807) is 6.92 Å². The number of fused-ring (bicyclic) bond motifs is 1. The van der Waals surface area contributed by atoms with E-state index in [4.69, 9.17) is 9.47 Å². The maximum absolute atomic E-state index is 12.3. The maximum Gasteiger partial charge on any atom is 0.315 e. The van der Waals surface area contributed by atoms with E-state index in [0.717, 1.165) is 24.2 Å². The molecule has 1 aliphatic heterocycles. The van der Waals surface area contributed by atoms with Crippen molar-refractivity contribution in [1.29, 1.82) is 0 Å². The average Bonchev–Trinajstić information content (AvgIpc) is 3.44. The summed E-state index contributed by atoms with van der Waals surface area (Å²) in [5.41, 5.74) is 0.993. The highest BCUT2D eigenvalue weighted by Gasteiger charge is 2.34. The molecule has 2 atom stereocenters. The van der Waals surface area contributed by atoms with Gasteiger partial charge < -0.3 is 25.4 Å². The summed E-state index contributed by atoms with van der Waals surface area (Å²) in [6.07, 6.45) is 2.15. The molecule has 1 aromatic carbocycles. The van der Waals surface area contributed by atoms with Crippen LogP contribution >= 0.6 is 0 Å². The van der Waals surface area contributed by atoms with Gasteiger partial charge in [0.2, 0.25) is 5.91 Å². The number of benzene rings is 1. The van der Waals surface area contributed by atoms with Crippen LogP contribution in [0.5, 0.6) is 11.5 Å². The predicted octanol–water partition coefficient (Wildman–Crippen LogP) is 1.73. The van der Waals surface area contributed by atoms with Gasteiger partial charge in [-0.2, -0.15) is 0 Å². The third kappa shape index (κ3) is 4.35. The molecule has 0 aromatic heterocycles. The standard InChI is InChI=1S/C18H25N3O4/c1-3-19-17(22)11(2)20-18(23)21-16(12-4-5-12)13-6-7-14-15(10-13)25-9-8-24-14/h6-7,10-12,16H,3-5,8-9H2,1-2H3,(H,19,22)(H2,20,21,23)/t11-,16+/m0/s1. The first-order chi connectivity index (χ1) is 12.1. The smallest absolute Gasteiger partial charge is 0.315 e. The van der Waals surface area contributed by atoms with Crippen LogP contribution in [0.15, 0.2) is 18.2 Å². The normalized spacial score (nSPS) is 18.0. The molecule has 0 saturated heterocycles. The molecule has 3 amide bonds. The molecule has 7 heteroatoms. The summed E-state index contributed by atoms with van der Waals surface area (Å²) in [6, 6.07) is 4.76. The summed E-state index contributed by atoms with van der Waals surface area (Å²) in [6.45, 7) is 5.13. The minimum atomic E-state index is -0.583. The lowest BCUT2D eigenvalue weighted by molar-refractivity contribution is -0.122. The Morgan fingerprint density at radius 3 is 2.56 bits per heavy atom. The van der Waals surface area contributed by atoms with Gasteiger partial charge in [0.15, 0.2) is 11.5 Å². The Labute approximate surface area is 147 Å². The number of carbonyl (C=O) groups excluding carboxylic acids is 2. The van der Waals surface area contributed by atoms with Crippen molar-refractivity contribution in [2.24, 2.45) is 5.92 Å². The molecule has 1 saturated carbocycles. The molecule has 0 radical (unpaired) electrons. The molecule has 1 heterocycles. The van der Waals surface area contributed by atoms with E-state index in [9.17, 15) is 9.59 Å². The molecule has 25 heavy (non-hydrogen) atoms. The monoisotopic (exact) mass is 347 g/mol. The van der Waals surface area contributed by atoms with Crippen LogP contribution in [0.25, 0.3) is 0 Å². The lowest BCUT2D eigenvalue weighted by Gasteiger charge is -2.24. The minimum Gasteiger partial charge on any atom is -0.486 e. The van der Waals surface area contributed by atoms with Crippen LogP contribution < -0.4 is 25.4 Å². The van der Waals surface area contributed by atoms with Crippen LogP contribution in [0, 0.1) is 5.92 Å². The van der Waals surface area contributed by atoms with E-state index in [1.165, 1.54) is 0 Å². The Morgan fingerprint density at radius 2 is 1.88 bits per heavy atom. The van der Waals surface area contributed by atoms with Gasteiger partial charge >= 0.3 is 6.03 Å². The third-order valence-electron chi connectivity index (χ3n) is 4.40. The van der Waals surface area contributed by atoms with E-state index >= 15 is 0 Å². The first kappa shape index (κ1) is 17.4. The Balaban J connectivity index is 1.65. The van der Waals surface area contributed by atoms with Crippen LogP contribution in [0.4, 0.5) is 4.79 Å². The van der Waals surface area contributed by atoms with Gasteiger partial charge in [-0.15, -0.1) is 0 Å². The van der Waals surface area contributed by atoms with Gasteiger partial charge in [0, 0.05) is 6.54 Å². The van der Waals surface area contributed by atoms with Crippen molar-refractivity contribution in [3.05, 3.63) is 23.8 Å². The summed E-state index contributed by atoms with van der Waals surface area (Å²) in [5, 5.41) is 8.39. The number of likely N-dealkylation sites (N-methyl/N-ethyl adjacent to an activating group) is 1. The Hall–Kier alpha value is -2.44. The Morgan fingerprint density at radius 1 is 1.16 bits per heavy atom. The Kier molecular flexibility index (Phi) is 5.31. The van der Waals surface area contributed by atoms with E-state index in [2.05, 4.69) is 16.0 Å². The quantitative estimate of drug-likeness (QED) is 0.731. The second kappa shape index (κ2) is 7.63. The van der Waals surface area contributed by atoms with Crippen molar-refractivity contribution in [1.82, 2.24) is 16.0 Å². The molecule has 1 aromatic rings. The second-order valence-electron chi connectivity index (χ2n) is 6.45. The van der Waals surface area contributed by atoms with E-state index in [1.807, 2.05) is 25.1 Å². The maximum atomic E-state index is 12.3. The number of urea groups is 1. The summed E-state index contributed by atoms with van der Waals surface area (Å²) in [5.74, 6) is 1.67. The van der Waals surface area contributed by atoms with Gasteiger partial charge in [-0.25, -0.2) is 4.79 Å². The number of hydrogen-bond donors (Lipinski definition) is 3. The molecule has 0 spiro atoms. The van der Waals surface area contributed by atoms with Crippen molar-refractivity contribution in [2.45, 2.75) is 38.8 Å². The molecular formula is C18H25N3O4. The van der Waals surface area contributed by atoms with Crippen molar-refractivity contribution in [2.75, 3.05) is 19.8 Å². The number of rotatable bonds is 6. The fourth-order valence-corrected chi connectivity index (χ4v) is 2.93. The topological polar surface area (TPSA) is 88.7 Å². The third-order valence-corrected chi connectivity index (χ3v) is 4.40. The van der Waals surface area contributed by atoms with Gasteiger partial charge in [0.1, 0.15) is 19.3 Å². The molecule has 2 aliphatic rings. The van der Waals surface area contributed by atoms with E-state index < -0.39 is 6.04 Å². The summed E-state index contributed by atoms with van der Waals surface area (Å²) in [4.78, 5) is 24.1. The average molecular weight is 347 g/mol. The number of ether oxygens (including phenoxy) is 2. The van der Waals surface area contributed by atoms with Gasteiger partial charge in [-0.3, -0.25) is 4.79 Å². The highest BCUT2D eigenvalue weighted by molar-refractivity contribution is 5.86. The zero-order valence-electron chi connectivity index (χ0n) is 14.6. The molecule has 136 valence electrons. The summed E-state index contributed by atoms with van der Waals surface area (Å²) < 4.78 is 11.2. The molecule has 7 nitrogen and oxygen atoms in total. The van der Waals surface area contributed by atoms with Gasteiger partial charge in [-0.05, 0) is 50.3 Å². The SMILES string of the molecule is CCNC(=O)[C@H](C)NC(=O)N[C@@H](c1ccc2c(c1)OCCO2)C1CC1. The van der Waals surface area contributed by atoms with Crippen molar-refractivity contribution >= 4 is 11.9 Å². The first-order valence-electron chi connectivity index (χ1n) is 8.82. The first-order valence-corrected chi connectivity index (χ1v) is 8.82. The van der Waals surface area contributed by atoms with Crippen LogP contribution in [0.1, 0.15) is 38.3 Å². The number of hydrogen-bond acceptors (Lipinski definition) is 4. The highest BCUT2D eigenvalue weighted by Crippen LogP contribution is 2.43. The van der Waals surface area contributed by atoms with Gasteiger partial charge in [0.25, 0.3) is 0 Å². The van der Waals surface area contributed by atoms with Crippen molar-refractivity contribution < 1.29 is 19.1 Å². The molecule has 0 unspecified atom stereocenters. The number of nitrogens with one attached hydrogen (secondary N) is 3. The summed E-state index contributed by atoms with van der Waals surface area (Å²) >= 11 is 0. The van der Waals surface area contributed by atoms with Crippen LogP contribution in [0.2, 0.25) is 0 Å². The van der Waals surface area contributed by atoms with Gasteiger partial charge in [-0.1, -0.05) is 6.07 Å². The lowest BCUT2D eigenvalue weighted by atomic mass is 10.0.